The average molecular weight is 202 g/mol. The Kier molecular flexibility index (Phi) is 6.74. The van der Waals surface area contributed by atoms with Crippen LogP contribution in [0.1, 0.15) is 26.2 Å². The topological polar surface area (TPSA) is 78.4 Å². The molecular formula is C9H18N2O3. The van der Waals surface area contributed by atoms with Crippen molar-refractivity contribution in [1.82, 2.24) is 10.6 Å². The van der Waals surface area contributed by atoms with Crippen molar-refractivity contribution in [1.29, 1.82) is 0 Å². The van der Waals surface area contributed by atoms with Gasteiger partial charge in [0.25, 0.3) is 0 Å². The number of carboxylic acids is 1. The fraction of sp³-hybridized carbons (Fsp3) is 0.778. The third kappa shape index (κ3) is 5.53. The van der Waals surface area contributed by atoms with Gasteiger partial charge in [0.05, 0.1) is 0 Å². The third-order valence-electron chi connectivity index (χ3n) is 1.87. The van der Waals surface area contributed by atoms with Gasteiger partial charge >= 0.3 is 5.97 Å². The van der Waals surface area contributed by atoms with E-state index in [-0.39, 0.29) is 5.91 Å². The fourth-order valence-corrected chi connectivity index (χ4v) is 1.03. The van der Waals surface area contributed by atoms with Crippen molar-refractivity contribution in [3.63, 3.8) is 0 Å². The van der Waals surface area contributed by atoms with Crippen LogP contribution >= 0.6 is 0 Å². The van der Waals surface area contributed by atoms with E-state index in [2.05, 4.69) is 10.6 Å². The van der Waals surface area contributed by atoms with Crippen LogP contribution in [0.5, 0.6) is 0 Å². The number of carboxylic acid groups (broad SMARTS) is 1. The second-order valence-corrected chi connectivity index (χ2v) is 3.07. The first-order valence-electron chi connectivity index (χ1n) is 4.78. The van der Waals surface area contributed by atoms with Crippen LogP contribution in [0.4, 0.5) is 0 Å². The Morgan fingerprint density at radius 2 is 2.07 bits per heavy atom. The molecule has 0 heterocycles. The van der Waals surface area contributed by atoms with Gasteiger partial charge in [0.15, 0.2) is 0 Å². The molecule has 3 N–H and O–H groups in total. The fourth-order valence-electron chi connectivity index (χ4n) is 1.03. The van der Waals surface area contributed by atoms with E-state index in [0.29, 0.717) is 12.8 Å². The van der Waals surface area contributed by atoms with Crippen molar-refractivity contribution >= 4 is 11.9 Å². The summed E-state index contributed by atoms with van der Waals surface area (Å²) < 4.78 is 0. The lowest BCUT2D eigenvalue weighted by Crippen LogP contribution is -2.40. The number of amides is 1. The molecule has 0 bridgehead atoms. The van der Waals surface area contributed by atoms with Crippen molar-refractivity contribution in [3.8, 4) is 0 Å². The third-order valence-corrected chi connectivity index (χ3v) is 1.87. The van der Waals surface area contributed by atoms with E-state index in [1.807, 2.05) is 7.05 Å². The van der Waals surface area contributed by atoms with Crippen LogP contribution < -0.4 is 10.6 Å². The normalized spacial score (nSPS) is 12.1. The largest absolute Gasteiger partial charge is 0.480 e. The molecule has 0 aromatic rings. The molecule has 0 aliphatic heterocycles. The van der Waals surface area contributed by atoms with Crippen molar-refractivity contribution in [2.24, 2.45) is 0 Å². The van der Waals surface area contributed by atoms with E-state index in [0.717, 1.165) is 13.0 Å². The highest BCUT2D eigenvalue weighted by atomic mass is 16.4. The van der Waals surface area contributed by atoms with Crippen LogP contribution in [0.2, 0.25) is 0 Å². The van der Waals surface area contributed by atoms with Crippen molar-refractivity contribution in [2.45, 2.75) is 32.2 Å². The number of hydrogen-bond donors (Lipinski definition) is 3. The summed E-state index contributed by atoms with van der Waals surface area (Å²) >= 11 is 0. The maximum Gasteiger partial charge on any atom is 0.326 e. The lowest BCUT2D eigenvalue weighted by Gasteiger charge is -2.11. The highest BCUT2D eigenvalue weighted by Gasteiger charge is 2.16. The number of carbonyl (C=O) groups excluding carboxylic acids is 1. The first-order chi connectivity index (χ1) is 6.61. The minimum absolute atomic E-state index is 0.200. The Hall–Kier alpha value is -1.10. The Morgan fingerprint density at radius 3 is 2.50 bits per heavy atom. The van der Waals surface area contributed by atoms with E-state index < -0.39 is 12.0 Å². The summed E-state index contributed by atoms with van der Waals surface area (Å²) in [4.78, 5) is 21.8. The quantitative estimate of drug-likeness (QED) is 0.506. The molecule has 0 aliphatic rings. The van der Waals surface area contributed by atoms with Crippen molar-refractivity contribution in [3.05, 3.63) is 0 Å². The molecule has 5 heteroatoms. The Labute approximate surface area is 83.9 Å². The van der Waals surface area contributed by atoms with Gasteiger partial charge in [-0.2, -0.15) is 0 Å². The van der Waals surface area contributed by atoms with Gasteiger partial charge in [-0.25, -0.2) is 4.79 Å². The minimum Gasteiger partial charge on any atom is -0.480 e. The Balaban J connectivity index is 3.74. The van der Waals surface area contributed by atoms with Crippen LogP contribution in [0.3, 0.4) is 0 Å². The molecule has 0 rings (SSSR count). The summed E-state index contributed by atoms with van der Waals surface area (Å²) in [6, 6.07) is -0.753. The zero-order chi connectivity index (χ0) is 11.0. The predicted molar refractivity (Wildman–Crippen MR) is 53.0 cm³/mol. The molecular weight excluding hydrogens is 184 g/mol. The van der Waals surface area contributed by atoms with Gasteiger partial charge in [0.2, 0.25) is 5.91 Å². The summed E-state index contributed by atoms with van der Waals surface area (Å²) in [5.74, 6) is -1.18. The van der Waals surface area contributed by atoms with Crippen LogP contribution in [-0.4, -0.2) is 36.6 Å². The van der Waals surface area contributed by atoms with E-state index >= 15 is 0 Å². The van der Waals surface area contributed by atoms with Crippen LogP contribution in [0, 0.1) is 0 Å². The number of nitrogens with one attached hydrogen (secondary N) is 2. The average Bonchev–Trinajstić information content (AvgIpc) is 2.14. The first-order valence-corrected chi connectivity index (χ1v) is 4.78. The number of carbonyl (C=O) groups is 2. The molecule has 0 saturated carbocycles. The predicted octanol–water partition coefficient (Wildman–Crippen LogP) is -0.0346. The smallest absolute Gasteiger partial charge is 0.326 e. The van der Waals surface area contributed by atoms with Crippen LogP contribution in [-0.2, 0) is 9.59 Å². The zero-order valence-electron chi connectivity index (χ0n) is 8.67. The molecule has 0 unspecified atom stereocenters. The van der Waals surface area contributed by atoms with Gasteiger partial charge in [-0.05, 0) is 26.4 Å². The van der Waals surface area contributed by atoms with Gasteiger partial charge in [-0.3, -0.25) is 4.79 Å². The van der Waals surface area contributed by atoms with Gasteiger partial charge in [-0.1, -0.05) is 6.92 Å². The zero-order valence-corrected chi connectivity index (χ0v) is 8.67. The molecule has 0 aromatic heterocycles. The monoisotopic (exact) mass is 202 g/mol. The summed E-state index contributed by atoms with van der Waals surface area (Å²) in [7, 11) is 1.81. The maximum absolute atomic E-state index is 11.2. The second kappa shape index (κ2) is 7.32. The standard InChI is InChI=1S/C9H18N2O3/c1-3-7(9(13)14)11-8(12)5-4-6-10-2/h7,10H,3-6H2,1-2H3,(H,11,12)(H,13,14)/t7-/m1/s1. The van der Waals surface area contributed by atoms with Crippen molar-refractivity contribution < 1.29 is 14.7 Å². The summed E-state index contributed by atoms with van der Waals surface area (Å²) in [6.07, 6.45) is 1.50. The molecule has 14 heavy (non-hydrogen) atoms. The van der Waals surface area contributed by atoms with Gasteiger partial charge in [-0.15, -0.1) is 0 Å². The second-order valence-electron chi connectivity index (χ2n) is 3.07. The van der Waals surface area contributed by atoms with Crippen LogP contribution in [0.15, 0.2) is 0 Å². The Bertz CT molecular complexity index is 194. The van der Waals surface area contributed by atoms with E-state index in [9.17, 15) is 9.59 Å². The summed E-state index contributed by atoms with van der Waals surface area (Å²) in [6.45, 7) is 2.49. The molecule has 0 fully saturated rings. The minimum atomic E-state index is -0.977. The molecule has 0 aromatic carbocycles. The van der Waals surface area contributed by atoms with E-state index in [4.69, 9.17) is 5.11 Å². The Morgan fingerprint density at radius 1 is 1.43 bits per heavy atom. The number of hydrogen-bond acceptors (Lipinski definition) is 3. The van der Waals surface area contributed by atoms with E-state index in [1.54, 1.807) is 6.92 Å². The van der Waals surface area contributed by atoms with E-state index in [1.165, 1.54) is 0 Å². The molecule has 1 amide bonds. The molecule has 0 spiro atoms. The highest BCUT2D eigenvalue weighted by Crippen LogP contribution is 1.94. The van der Waals surface area contributed by atoms with Gasteiger partial charge in [0, 0.05) is 6.42 Å². The molecule has 0 saturated heterocycles. The highest BCUT2D eigenvalue weighted by molar-refractivity contribution is 5.83. The maximum atomic E-state index is 11.2. The molecule has 1 atom stereocenters. The summed E-state index contributed by atoms with van der Waals surface area (Å²) in [5, 5.41) is 14.0. The summed E-state index contributed by atoms with van der Waals surface area (Å²) in [5.41, 5.74) is 0. The van der Waals surface area contributed by atoms with Crippen LogP contribution in [0.25, 0.3) is 0 Å². The van der Waals surface area contributed by atoms with Gasteiger partial charge in [0.1, 0.15) is 6.04 Å². The molecule has 0 aliphatic carbocycles. The number of rotatable bonds is 7. The molecule has 5 nitrogen and oxygen atoms in total. The van der Waals surface area contributed by atoms with Crippen molar-refractivity contribution in [2.75, 3.05) is 13.6 Å². The lowest BCUT2D eigenvalue weighted by atomic mass is 10.2. The number of aliphatic carboxylic acids is 1. The SMILES string of the molecule is CC[C@@H](NC(=O)CCCNC)C(=O)O. The first kappa shape index (κ1) is 12.9. The molecule has 0 radical (unpaired) electrons. The lowest BCUT2D eigenvalue weighted by molar-refractivity contribution is -0.141. The molecule has 82 valence electrons. The van der Waals surface area contributed by atoms with Gasteiger partial charge < -0.3 is 15.7 Å².